The minimum Gasteiger partial charge on any atom is -0.465 e. The van der Waals surface area contributed by atoms with E-state index in [0.717, 1.165) is 61.6 Å². The Morgan fingerprint density at radius 3 is 2.66 bits per heavy atom. The lowest BCUT2D eigenvalue weighted by Crippen LogP contribution is -2.64. The third-order valence-corrected chi connectivity index (χ3v) is 10.8. The largest absolute Gasteiger partial charge is 0.465 e. The van der Waals surface area contributed by atoms with Gasteiger partial charge in [0.05, 0.1) is 46.5 Å². The number of methoxy groups -OCH3 is 1. The molecule has 4 heterocycles. The summed E-state index contributed by atoms with van der Waals surface area (Å²) in [5.74, 6) is 0.832. The van der Waals surface area contributed by atoms with Gasteiger partial charge in [-0.15, -0.1) is 0 Å². The van der Waals surface area contributed by atoms with E-state index in [2.05, 4.69) is 31.5 Å². The van der Waals surface area contributed by atoms with Gasteiger partial charge < -0.3 is 23.7 Å². The van der Waals surface area contributed by atoms with E-state index in [4.69, 9.17) is 42.4 Å². The highest BCUT2D eigenvalue weighted by Gasteiger charge is 2.48. The van der Waals surface area contributed by atoms with Gasteiger partial charge in [0.15, 0.2) is 11.5 Å². The molecule has 10 nitrogen and oxygen atoms in total. The lowest BCUT2D eigenvalue weighted by molar-refractivity contribution is -0.0717. The van der Waals surface area contributed by atoms with Crippen LogP contribution >= 0.6 is 23.2 Å². The van der Waals surface area contributed by atoms with Gasteiger partial charge in [-0.25, -0.2) is 9.78 Å². The van der Waals surface area contributed by atoms with Gasteiger partial charge in [0.1, 0.15) is 17.0 Å². The van der Waals surface area contributed by atoms with Crippen LogP contribution in [0.5, 0.6) is 11.5 Å². The second-order valence-electron chi connectivity index (χ2n) is 13.3. The van der Waals surface area contributed by atoms with Crippen LogP contribution in [0, 0.1) is 16.7 Å². The molecule has 2 aromatic heterocycles. The molecule has 2 aliphatic heterocycles. The number of aromatic nitrogens is 3. The molecule has 47 heavy (non-hydrogen) atoms. The van der Waals surface area contributed by atoms with Crippen LogP contribution in [0.1, 0.15) is 60.9 Å². The summed E-state index contributed by atoms with van der Waals surface area (Å²) < 4.78 is 20.1. The molecule has 0 radical (unpaired) electrons. The van der Waals surface area contributed by atoms with Crippen LogP contribution in [0.4, 0.5) is 5.69 Å². The number of ether oxygens (including phenoxy) is 3. The fourth-order valence-corrected chi connectivity index (χ4v) is 7.79. The fourth-order valence-electron chi connectivity index (χ4n) is 7.42. The molecule has 12 heteroatoms. The topological polar surface area (TPSA) is 106 Å². The standard InChI is InChI=1S/C35H34Cl2N6O4/c1-34(29-9-6-22(36)18-39-29)46-28-5-3-4-26(32(28)47-34)42-15-14-41(24-7-8-25(24)42)19-30-40-31-23(37)16-21(33(44)45-2)17-27(31)43(30)20-35(10-11-35)12-13-38/h3-6,9,16-18,24-25H,7-8,10-12,14-15,19-20H2,1-2H3/t24-,25-,34?/m1/s1. The molecule has 0 amide bonds. The first-order valence-electron chi connectivity index (χ1n) is 16.0. The predicted octanol–water partition coefficient (Wildman–Crippen LogP) is 6.72. The Morgan fingerprint density at radius 2 is 1.96 bits per heavy atom. The van der Waals surface area contributed by atoms with Crippen molar-refractivity contribution >= 4 is 45.9 Å². The summed E-state index contributed by atoms with van der Waals surface area (Å²) in [7, 11) is 1.36. The summed E-state index contributed by atoms with van der Waals surface area (Å²) in [6, 6.07) is 16.1. The van der Waals surface area contributed by atoms with Crippen LogP contribution < -0.4 is 14.4 Å². The number of nitrogens with zero attached hydrogens (tertiary/aromatic N) is 6. The number of imidazole rings is 1. The lowest BCUT2D eigenvalue weighted by Gasteiger charge is -2.54. The molecule has 2 saturated carbocycles. The van der Waals surface area contributed by atoms with Gasteiger partial charge in [0.2, 0.25) is 0 Å². The van der Waals surface area contributed by atoms with E-state index in [1.54, 1.807) is 18.3 Å². The first-order chi connectivity index (χ1) is 22.7. The van der Waals surface area contributed by atoms with E-state index in [0.29, 0.717) is 64.2 Å². The van der Waals surface area contributed by atoms with Crippen molar-refractivity contribution in [2.24, 2.45) is 5.41 Å². The Kier molecular flexibility index (Phi) is 7.28. The number of carbonyl (C=O) groups is 1. The van der Waals surface area contributed by atoms with Crippen LogP contribution in [0.25, 0.3) is 11.0 Å². The van der Waals surface area contributed by atoms with Crippen molar-refractivity contribution in [1.82, 2.24) is 19.4 Å². The molecule has 242 valence electrons. The normalized spacial score (nSPS) is 24.0. The average molecular weight is 674 g/mol. The molecule has 1 saturated heterocycles. The molecule has 1 unspecified atom stereocenters. The van der Waals surface area contributed by atoms with Gasteiger partial charge in [-0.05, 0) is 62.1 Å². The van der Waals surface area contributed by atoms with Crippen molar-refractivity contribution in [3.05, 3.63) is 75.8 Å². The summed E-state index contributed by atoms with van der Waals surface area (Å²) in [4.78, 5) is 27.0. The molecule has 4 aliphatic rings. The Balaban J connectivity index is 1.07. The number of fused-ring (bicyclic) bond motifs is 3. The molecule has 3 fully saturated rings. The maximum absolute atomic E-state index is 12.5. The van der Waals surface area contributed by atoms with Gasteiger partial charge >= 0.3 is 5.97 Å². The number of nitriles is 1. The monoisotopic (exact) mass is 672 g/mol. The molecule has 0 spiro atoms. The lowest BCUT2D eigenvalue weighted by atomic mass is 9.81. The van der Waals surface area contributed by atoms with Crippen molar-refractivity contribution in [2.75, 3.05) is 25.1 Å². The van der Waals surface area contributed by atoms with Crippen LogP contribution in [0.15, 0.2) is 48.7 Å². The molecule has 3 atom stereocenters. The third-order valence-electron chi connectivity index (χ3n) is 10.3. The number of rotatable bonds is 8. The second-order valence-corrected chi connectivity index (χ2v) is 14.1. The number of benzene rings is 2. The van der Waals surface area contributed by atoms with Gasteiger partial charge in [0.25, 0.3) is 5.79 Å². The van der Waals surface area contributed by atoms with Crippen LogP contribution in [-0.2, 0) is 23.6 Å². The Labute approximate surface area is 282 Å². The summed E-state index contributed by atoms with van der Waals surface area (Å²) in [6.07, 6.45) is 6.22. The number of esters is 1. The van der Waals surface area contributed by atoms with E-state index >= 15 is 0 Å². The van der Waals surface area contributed by atoms with Gasteiger partial charge in [-0.3, -0.25) is 9.88 Å². The number of para-hydroxylation sites is 1. The molecular formula is C35H34Cl2N6O4. The zero-order chi connectivity index (χ0) is 32.5. The Morgan fingerprint density at radius 1 is 1.13 bits per heavy atom. The van der Waals surface area contributed by atoms with Gasteiger partial charge in [-0.2, -0.15) is 5.26 Å². The number of pyridine rings is 1. The van der Waals surface area contributed by atoms with E-state index in [-0.39, 0.29) is 5.41 Å². The maximum atomic E-state index is 12.5. The number of halogens is 2. The minimum absolute atomic E-state index is 0.0750. The molecule has 0 bridgehead atoms. The number of hydrogen-bond acceptors (Lipinski definition) is 9. The van der Waals surface area contributed by atoms with Crippen molar-refractivity contribution in [2.45, 2.75) is 70.0 Å². The maximum Gasteiger partial charge on any atom is 0.337 e. The molecule has 0 N–H and O–H groups in total. The molecule has 2 aliphatic carbocycles. The van der Waals surface area contributed by atoms with Crippen molar-refractivity contribution in [3.63, 3.8) is 0 Å². The molecule has 8 rings (SSSR count). The number of hydrogen-bond donors (Lipinski definition) is 0. The first kappa shape index (κ1) is 30.3. The SMILES string of the molecule is COC(=O)c1cc(Cl)c2nc(CN3CCN(c4cccc5c4OC(C)(c4ccc(Cl)cn4)O5)[C@@H]4CC[C@H]43)n(CC3(CC#N)CC3)c2c1. The number of piperazine rings is 1. The first-order valence-corrected chi connectivity index (χ1v) is 16.7. The van der Waals surface area contributed by atoms with Crippen molar-refractivity contribution < 1.29 is 19.0 Å². The quantitative estimate of drug-likeness (QED) is 0.189. The minimum atomic E-state index is -1.05. The molecule has 2 aromatic carbocycles. The Bertz CT molecular complexity index is 1940. The summed E-state index contributed by atoms with van der Waals surface area (Å²) in [5, 5.41) is 10.5. The number of carbonyl (C=O) groups excluding carboxylic acids is 1. The highest BCUT2D eigenvalue weighted by atomic mass is 35.5. The van der Waals surface area contributed by atoms with E-state index in [1.807, 2.05) is 31.2 Å². The second kappa shape index (κ2) is 11.3. The molecular weight excluding hydrogens is 639 g/mol. The number of anilines is 1. The highest BCUT2D eigenvalue weighted by molar-refractivity contribution is 6.35. The smallest absolute Gasteiger partial charge is 0.337 e. The van der Waals surface area contributed by atoms with E-state index in [1.165, 1.54) is 7.11 Å². The summed E-state index contributed by atoms with van der Waals surface area (Å²) in [6.45, 7) is 4.82. The average Bonchev–Trinajstić information content (AvgIpc) is 3.58. The van der Waals surface area contributed by atoms with Crippen LogP contribution in [-0.4, -0.2) is 57.7 Å². The van der Waals surface area contributed by atoms with Crippen LogP contribution in [0.2, 0.25) is 10.0 Å². The third kappa shape index (κ3) is 5.16. The van der Waals surface area contributed by atoms with Crippen LogP contribution in [0.3, 0.4) is 0 Å². The summed E-state index contributed by atoms with van der Waals surface area (Å²) >= 11 is 12.8. The molecule has 4 aromatic rings. The van der Waals surface area contributed by atoms with Crippen molar-refractivity contribution in [1.29, 1.82) is 5.26 Å². The Hall–Kier alpha value is -4.04. The zero-order valence-electron chi connectivity index (χ0n) is 26.2. The van der Waals surface area contributed by atoms with Gasteiger partial charge in [0, 0.05) is 56.7 Å². The van der Waals surface area contributed by atoms with E-state index < -0.39 is 11.8 Å². The van der Waals surface area contributed by atoms with Crippen molar-refractivity contribution in [3.8, 4) is 17.6 Å². The predicted molar refractivity (Wildman–Crippen MR) is 177 cm³/mol. The summed E-state index contributed by atoms with van der Waals surface area (Å²) in [5.41, 5.74) is 3.46. The zero-order valence-corrected chi connectivity index (χ0v) is 27.7. The highest BCUT2D eigenvalue weighted by Crippen LogP contribution is 2.52. The van der Waals surface area contributed by atoms with Gasteiger partial charge in [-0.1, -0.05) is 29.3 Å². The van der Waals surface area contributed by atoms with E-state index in [9.17, 15) is 10.1 Å². The fraction of sp³-hybridized carbons (Fsp3) is 0.429.